The lowest BCUT2D eigenvalue weighted by molar-refractivity contribution is -0.118. The van der Waals surface area contributed by atoms with Crippen LogP contribution in [0.25, 0.3) is 0 Å². The maximum atomic E-state index is 11.9. The van der Waals surface area contributed by atoms with Gasteiger partial charge in [-0.2, -0.15) is 0 Å². The zero-order valence-corrected chi connectivity index (χ0v) is 13.6. The van der Waals surface area contributed by atoms with E-state index in [0.717, 1.165) is 5.56 Å². The number of ether oxygens (including phenoxy) is 1. The van der Waals surface area contributed by atoms with Crippen LogP contribution in [0.15, 0.2) is 36.4 Å². The second kappa shape index (κ2) is 7.35. The maximum absolute atomic E-state index is 11.9. The third-order valence-electron chi connectivity index (χ3n) is 2.95. The van der Waals surface area contributed by atoms with Gasteiger partial charge < -0.3 is 15.2 Å². The predicted molar refractivity (Wildman–Crippen MR) is 88.7 cm³/mol. The number of hydrogen-bond acceptors (Lipinski definition) is 3. The van der Waals surface area contributed by atoms with Gasteiger partial charge in [-0.05, 0) is 31.2 Å². The summed E-state index contributed by atoms with van der Waals surface area (Å²) < 4.78 is 5.34. The second-order valence-corrected chi connectivity index (χ2v) is 5.58. The van der Waals surface area contributed by atoms with Crippen molar-refractivity contribution in [3.05, 3.63) is 57.6 Å². The highest BCUT2D eigenvalue weighted by atomic mass is 35.5. The van der Waals surface area contributed by atoms with E-state index in [9.17, 15) is 9.59 Å². The Morgan fingerprint density at radius 2 is 1.78 bits per heavy atom. The van der Waals surface area contributed by atoms with Crippen LogP contribution in [-0.2, 0) is 4.79 Å². The van der Waals surface area contributed by atoms with E-state index in [1.54, 1.807) is 12.1 Å². The van der Waals surface area contributed by atoms with E-state index in [1.807, 2.05) is 19.1 Å². The summed E-state index contributed by atoms with van der Waals surface area (Å²) in [5.41, 5.74) is 1.09. The number of carboxylic acids is 1. The van der Waals surface area contributed by atoms with E-state index >= 15 is 0 Å². The lowest BCUT2D eigenvalue weighted by Crippen LogP contribution is -2.20. The lowest BCUT2D eigenvalue weighted by Gasteiger charge is -2.10. The van der Waals surface area contributed by atoms with E-state index in [1.165, 1.54) is 12.1 Å². The quantitative estimate of drug-likeness (QED) is 0.851. The number of nitrogens with one attached hydrogen (secondary N) is 1. The zero-order valence-electron chi connectivity index (χ0n) is 12.1. The summed E-state index contributed by atoms with van der Waals surface area (Å²) in [4.78, 5) is 22.9. The van der Waals surface area contributed by atoms with Crippen LogP contribution in [0, 0.1) is 6.92 Å². The number of carboxylic acid groups (broad SMARTS) is 1. The van der Waals surface area contributed by atoms with Crippen LogP contribution in [0.4, 0.5) is 5.69 Å². The minimum atomic E-state index is -1.21. The number of benzene rings is 2. The molecule has 7 heteroatoms. The van der Waals surface area contributed by atoms with Crippen molar-refractivity contribution < 1.29 is 19.4 Å². The SMILES string of the molecule is Cc1ccc(OCC(=O)Nc2cc(C(=O)O)c(Cl)cc2Cl)cc1. The Kier molecular flexibility index (Phi) is 5.47. The molecular formula is C16H13Cl2NO4. The molecule has 0 saturated carbocycles. The molecule has 2 aromatic rings. The largest absolute Gasteiger partial charge is 0.484 e. The molecule has 0 atom stereocenters. The first-order valence-electron chi connectivity index (χ1n) is 6.58. The molecule has 0 bridgehead atoms. The fraction of sp³-hybridized carbons (Fsp3) is 0.125. The smallest absolute Gasteiger partial charge is 0.337 e. The zero-order chi connectivity index (χ0) is 17.0. The monoisotopic (exact) mass is 353 g/mol. The van der Waals surface area contributed by atoms with Crippen molar-refractivity contribution in [2.75, 3.05) is 11.9 Å². The Hall–Kier alpha value is -2.24. The van der Waals surface area contributed by atoms with Gasteiger partial charge in [0.1, 0.15) is 5.75 Å². The van der Waals surface area contributed by atoms with Crippen molar-refractivity contribution in [2.45, 2.75) is 6.92 Å². The molecule has 0 aliphatic carbocycles. The molecule has 0 aliphatic rings. The standard InChI is InChI=1S/C16H13Cl2NO4/c1-9-2-4-10(5-3-9)23-8-15(20)19-14-6-11(16(21)22)12(17)7-13(14)18/h2-7H,8H2,1H3,(H,19,20)(H,21,22). The molecule has 0 spiro atoms. The van der Waals surface area contributed by atoms with Crippen molar-refractivity contribution in [2.24, 2.45) is 0 Å². The Morgan fingerprint density at radius 3 is 2.39 bits per heavy atom. The fourth-order valence-electron chi connectivity index (χ4n) is 1.78. The first kappa shape index (κ1) is 17.1. The Labute approximate surface area is 142 Å². The van der Waals surface area contributed by atoms with Gasteiger partial charge in [0.15, 0.2) is 6.61 Å². The minimum absolute atomic E-state index is 0.00333. The van der Waals surface area contributed by atoms with Gasteiger partial charge in [0, 0.05) is 0 Å². The number of carbonyl (C=O) groups excluding carboxylic acids is 1. The van der Waals surface area contributed by atoms with E-state index in [2.05, 4.69) is 5.32 Å². The van der Waals surface area contributed by atoms with Crippen molar-refractivity contribution in [3.8, 4) is 5.75 Å². The average molecular weight is 354 g/mol. The highest BCUT2D eigenvalue weighted by molar-refractivity contribution is 6.38. The van der Waals surface area contributed by atoms with Crippen LogP contribution in [0.3, 0.4) is 0 Å². The van der Waals surface area contributed by atoms with Crippen LogP contribution < -0.4 is 10.1 Å². The van der Waals surface area contributed by atoms with Gasteiger partial charge in [-0.1, -0.05) is 40.9 Å². The summed E-state index contributed by atoms with van der Waals surface area (Å²) in [6.45, 7) is 1.71. The number of hydrogen-bond donors (Lipinski definition) is 2. The van der Waals surface area contributed by atoms with E-state index < -0.39 is 11.9 Å². The van der Waals surface area contributed by atoms with Gasteiger partial charge in [0.25, 0.3) is 5.91 Å². The second-order valence-electron chi connectivity index (χ2n) is 4.77. The van der Waals surface area contributed by atoms with Crippen LogP contribution in [-0.4, -0.2) is 23.6 Å². The topological polar surface area (TPSA) is 75.6 Å². The predicted octanol–water partition coefficient (Wildman–Crippen LogP) is 4.02. The summed E-state index contributed by atoms with van der Waals surface area (Å²) in [5.74, 6) is -1.12. The van der Waals surface area contributed by atoms with E-state index in [0.29, 0.717) is 5.75 Å². The number of carbonyl (C=O) groups is 2. The molecule has 0 unspecified atom stereocenters. The first-order valence-corrected chi connectivity index (χ1v) is 7.34. The third kappa shape index (κ3) is 4.61. The maximum Gasteiger partial charge on any atom is 0.337 e. The molecule has 0 aromatic heterocycles. The van der Waals surface area contributed by atoms with Gasteiger partial charge in [0.2, 0.25) is 0 Å². The molecule has 0 aliphatic heterocycles. The molecule has 1 amide bonds. The lowest BCUT2D eigenvalue weighted by atomic mass is 10.2. The van der Waals surface area contributed by atoms with Gasteiger partial charge in [-0.25, -0.2) is 4.79 Å². The van der Waals surface area contributed by atoms with Crippen LogP contribution in [0.2, 0.25) is 10.0 Å². The molecular weight excluding hydrogens is 341 g/mol. The molecule has 2 N–H and O–H groups in total. The third-order valence-corrected chi connectivity index (χ3v) is 3.58. The summed E-state index contributed by atoms with van der Waals surface area (Å²) in [6.07, 6.45) is 0. The molecule has 0 fully saturated rings. The Morgan fingerprint density at radius 1 is 1.13 bits per heavy atom. The van der Waals surface area contributed by atoms with Crippen molar-refractivity contribution in [3.63, 3.8) is 0 Å². The summed E-state index contributed by atoms with van der Waals surface area (Å²) in [7, 11) is 0. The average Bonchev–Trinajstić information content (AvgIpc) is 2.49. The van der Waals surface area contributed by atoms with Gasteiger partial charge in [0.05, 0.1) is 21.3 Å². The Bertz CT molecular complexity index is 744. The van der Waals surface area contributed by atoms with Crippen LogP contribution in [0.1, 0.15) is 15.9 Å². The molecule has 23 heavy (non-hydrogen) atoms. The molecule has 120 valence electrons. The van der Waals surface area contributed by atoms with E-state index in [4.69, 9.17) is 33.0 Å². The molecule has 0 heterocycles. The number of rotatable bonds is 5. The van der Waals surface area contributed by atoms with Crippen LogP contribution >= 0.6 is 23.2 Å². The van der Waals surface area contributed by atoms with E-state index in [-0.39, 0.29) is 27.9 Å². The molecule has 0 saturated heterocycles. The molecule has 2 aromatic carbocycles. The van der Waals surface area contributed by atoms with Gasteiger partial charge in [-0.3, -0.25) is 4.79 Å². The number of anilines is 1. The fourth-order valence-corrected chi connectivity index (χ4v) is 2.29. The number of halogens is 2. The highest BCUT2D eigenvalue weighted by Gasteiger charge is 2.14. The minimum Gasteiger partial charge on any atom is -0.484 e. The summed E-state index contributed by atoms with van der Waals surface area (Å²) >= 11 is 11.7. The summed E-state index contributed by atoms with van der Waals surface area (Å²) in [5, 5.41) is 11.7. The van der Waals surface area contributed by atoms with Gasteiger partial charge >= 0.3 is 5.97 Å². The van der Waals surface area contributed by atoms with Gasteiger partial charge in [-0.15, -0.1) is 0 Å². The Balaban J connectivity index is 2.03. The number of aromatic carboxylic acids is 1. The van der Waals surface area contributed by atoms with Crippen LogP contribution in [0.5, 0.6) is 5.75 Å². The number of aryl methyl sites for hydroxylation is 1. The molecule has 0 radical (unpaired) electrons. The molecule has 2 rings (SSSR count). The first-order chi connectivity index (χ1) is 10.9. The number of amides is 1. The highest BCUT2D eigenvalue weighted by Crippen LogP contribution is 2.29. The van der Waals surface area contributed by atoms with Crippen molar-refractivity contribution >= 4 is 40.8 Å². The summed E-state index contributed by atoms with van der Waals surface area (Å²) in [6, 6.07) is 9.70. The van der Waals surface area contributed by atoms with Crippen molar-refractivity contribution in [1.29, 1.82) is 0 Å². The normalized spacial score (nSPS) is 10.2. The molecule has 5 nitrogen and oxygen atoms in total. The van der Waals surface area contributed by atoms with Crippen molar-refractivity contribution in [1.82, 2.24) is 0 Å².